The topological polar surface area (TPSA) is 139 Å². The molecule has 7 N–H and O–H groups in total. The average Bonchev–Trinajstić information content (AvgIpc) is 2.57. The van der Waals surface area contributed by atoms with Crippen LogP contribution in [0, 0.1) is 5.92 Å². The van der Waals surface area contributed by atoms with Crippen LogP contribution in [-0.4, -0.2) is 36.3 Å². The van der Waals surface area contributed by atoms with Crippen molar-refractivity contribution in [2.75, 3.05) is 6.54 Å². The Hall–Kier alpha value is -2.45. The van der Waals surface area contributed by atoms with Crippen LogP contribution in [0.3, 0.4) is 0 Å². The number of hydrogen-bond acceptors (Lipinski definition) is 5. The fourth-order valence-corrected chi connectivity index (χ4v) is 2.35. The van der Waals surface area contributed by atoms with Crippen molar-refractivity contribution in [3.63, 3.8) is 0 Å². The fraction of sp³-hybridized carbons (Fsp3) is 0.471. The Kier molecular flexibility index (Phi) is 8.59. The van der Waals surface area contributed by atoms with Crippen LogP contribution in [0.4, 0.5) is 0 Å². The van der Waals surface area contributed by atoms with Crippen LogP contribution in [0.15, 0.2) is 30.3 Å². The van der Waals surface area contributed by atoms with Crippen molar-refractivity contribution in [2.45, 2.75) is 38.8 Å². The summed E-state index contributed by atoms with van der Waals surface area (Å²) in [6.07, 6.45) is 0.819. The zero-order valence-corrected chi connectivity index (χ0v) is 14.6. The molecule has 138 valence electrons. The highest BCUT2D eigenvalue weighted by Crippen LogP contribution is 2.07. The largest absolute Gasteiger partial charge is 0.368 e. The van der Waals surface area contributed by atoms with Crippen LogP contribution in [-0.2, 0) is 20.8 Å². The predicted molar refractivity (Wildman–Crippen MR) is 94.8 cm³/mol. The summed E-state index contributed by atoms with van der Waals surface area (Å²) in [5, 5.41) is 5.12. The first-order valence-electron chi connectivity index (χ1n) is 8.20. The molecular weight excluding hydrogens is 322 g/mol. The first-order valence-corrected chi connectivity index (χ1v) is 8.20. The number of amides is 3. The van der Waals surface area contributed by atoms with E-state index in [9.17, 15) is 14.4 Å². The van der Waals surface area contributed by atoms with Gasteiger partial charge in [0.2, 0.25) is 17.7 Å². The number of hydrazine groups is 1. The second-order valence-corrected chi connectivity index (χ2v) is 6.28. The van der Waals surface area contributed by atoms with Crippen molar-refractivity contribution in [3.8, 4) is 0 Å². The highest BCUT2D eigenvalue weighted by Gasteiger charge is 2.26. The molecule has 0 aliphatic rings. The molecule has 0 radical (unpaired) electrons. The summed E-state index contributed by atoms with van der Waals surface area (Å²) in [5.41, 5.74) is 8.46. The van der Waals surface area contributed by atoms with Gasteiger partial charge in [-0.05, 0) is 24.3 Å². The third-order valence-electron chi connectivity index (χ3n) is 3.58. The molecule has 8 heteroatoms. The van der Waals surface area contributed by atoms with Crippen molar-refractivity contribution in [3.05, 3.63) is 35.9 Å². The van der Waals surface area contributed by atoms with Gasteiger partial charge in [-0.2, -0.15) is 0 Å². The number of primary amides is 1. The third-order valence-corrected chi connectivity index (χ3v) is 3.58. The van der Waals surface area contributed by atoms with Crippen molar-refractivity contribution in [1.82, 2.24) is 16.1 Å². The molecule has 0 heterocycles. The molecule has 1 aromatic carbocycles. The molecule has 1 rings (SSSR count). The van der Waals surface area contributed by atoms with Gasteiger partial charge in [0.05, 0.1) is 6.54 Å². The van der Waals surface area contributed by atoms with Crippen LogP contribution < -0.4 is 27.6 Å². The first-order chi connectivity index (χ1) is 11.8. The van der Waals surface area contributed by atoms with Gasteiger partial charge in [-0.1, -0.05) is 44.2 Å². The molecule has 0 unspecified atom stereocenters. The predicted octanol–water partition coefficient (Wildman–Crippen LogP) is -0.807. The van der Waals surface area contributed by atoms with Gasteiger partial charge in [-0.25, -0.2) is 5.43 Å². The van der Waals surface area contributed by atoms with Gasteiger partial charge in [0.25, 0.3) is 0 Å². The van der Waals surface area contributed by atoms with Gasteiger partial charge < -0.3 is 16.4 Å². The molecular formula is C17H27N5O3. The zero-order valence-electron chi connectivity index (χ0n) is 14.6. The Morgan fingerprint density at radius 1 is 1.04 bits per heavy atom. The summed E-state index contributed by atoms with van der Waals surface area (Å²) in [5.74, 6) is 4.19. The summed E-state index contributed by atoms with van der Waals surface area (Å²) < 4.78 is 0. The maximum absolute atomic E-state index is 12.5. The second kappa shape index (κ2) is 10.4. The number of hydrogen-bond donors (Lipinski definition) is 5. The number of carbonyl (C=O) groups excluding carboxylic acids is 3. The van der Waals surface area contributed by atoms with Crippen molar-refractivity contribution in [2.24, 2.45) is 17.5 Å². The lowest BCUT2D eigenvalue weighted by Crippen LogP contribution is -2.55. The Morgan fingerprint density at radius 2 is 1.68 bits per heavy atom. The number of benzene rings is 1. The third kappa shape index (κ3) is 7.77. The van der Waals surface area contributed by atoms with Gasteiger partial charge in [0, 0.05) is 0 Å². The number of nitrogens with two attached hydrogens (primary N) is 2. The van der Waals surface area contributed by atoms with Gasteiger partial charge in [-0.15, -0.1) is 0 Å². The normalized spacial score (nSPS) is 13.1. The van der Waals surface area contributed by atoms with E-state index in [4.69, 9.17) is 11.6 Å². The Morgan fingerprint density at radius 3 is 2.20 bits per heavy atom. The molecule has 2 atom stereocenters. The maximum atomic E-state index is 12.5. The number of nitrogens with one attached hydrogen (secondary N) is 3. The van der Waals surface area contributed by atoms with Gasteiger partial charge in [-0.3, -0.25) is 20.2 Å². The van der Waals surface area contributed by atoms with E-state index < -0.39 is 23.9 Å². The Labute approximate surface area is 147 Å². The van der Waals surface area contributed by atoms with Crippen molar-refractivity contribution < 1.29 is 14.4 Å². The van der Waals surface area contributed by atoms with Gasteiger partial charge in [0.1, 0.15) is 12.1 Å². The fourth-order valence-electron chi connectivity index (χ4n) is 2.35. The summed E-state index contributed by atoms with van der Waals surface area (Å²) in [6, 6.07) is 7.97. The molecule has 0 spiro atoms. The van der Waals surface area contributed by atoms with Crippen molar-refractivity contribution in [1.29, 1.82) is 0 Å². The van der Waals surface area contributed by atoms with Crippen LogP contribution in [0.5, 0.6) is 0 Å². The lowest BCUT2D eigenvalue weighted by atomic mass is 10.0. The molecule has 0 fully saturated rings. The van der Waals surface area contributed by atoms with E-state index in [0.29, 0.717) is 12.8 Å². The van der Waals surface area contributed by atoms with Crippen LogP contribution in [0.25, 0.3) is 0 Å². The van der Waals surface area contributed by atoms with Crippen LogP contribution in [0.2, 0.25) is 0 Å². The van der Waals surface area contributed by atoms with Crippen molar-refractivity contribution >= 4 is 17.7 Å². The quantitative estimate of drug-likeness (QED) is 0.278. The number of rotatable bonds is 10. The molecule has 0 aliphatic heterocycles. The van der Waals surface area contributed by atoms with Gasteiger partial charge in [0.15, 0.2) is 0 Å². The highest BCUT2D eigenvalue weighted by molar-refractivity contribution is 5.91. The summed E-state index contributed by atoms with van der Waals surface area (Å²) >= 11 is 0. The molecule has 0 saturated carbocycles. The van der Waals surface area contributed by atoms with E-state index in [1.54, 1.807) is 0 Å². The first kappa shape index (κ1) is 20.6. The van der Waals surface area contributed by atoms with E-state index in [2.05, 4.69) is 16.1 Å². The van der Waals surface area contributed by atoms with E-state index in [1.165, 1.54) is 0 Å². The zero-order chi connectivity index (χ0) is 18.8. The summed E-state index contributed by atoms with van der Waals surface area (Å²) in [4.78, 5) is 35.5. The Bertz CT molecular complexity index is 577. The molecule has 0 saturated heterocycles. The minimum absolute atomic E-state index is 0.169. The molecule has 25 heavy (non-hydrogen) atoms. The minimum Gasteiger partial charge on any atom is -0.368 e. The molecule has 3 amide bonds. The van der Waals surface area contributed by atoms with E-state index in [-0.39, 0.29) is 18.4 Å². The standard InChI is InChI=1S/C17H27N5O3/c1-11(2)8-13(16(24)20-10-15(18)23)21-17(25)14(22-19)9-12-6-4-3-5-7-12/h3-7,11,13-14,22H,8-10,19H2,1-2H3,(H2,18,23)(H,20,24)(H,21,25)/t13-,14-/m0/s1. The minimum atomic E-state index is -0.765. The molecule has 0 aliphatic carbocycles. The van der Waals surface area contributed by atoms with E-state index in [1.807, 2.05) is 44.2 Å². The lowest BCUT2D eigenvalue weighted by molar-refractivity contribution is -0.131. The highest BCUT2D eigenvalue weighted by atomic mass is 16.2. The molecule has 0 bridgehead atoms. The molecule has 1 aromatic rings. The van der Waals surface area contributed by atoms with Gasteiger partial charge >= 0.3 is 0 Å². The Balaban J connectivity index is 2.73. The summed E-state index contributed by atoms with van der Waals surface area (Å²) in [7, 11) is 0. The van der Waals surface area contributed by atoms with Crippen LogP contribution >= 0.6 is 0 Å². The maximum Gasteiger partial charge on any atom is 0.243 e. The monoisotopic (exact) mass is 349 g/mol. The molecule has 8 nitrogen and oxygen atoms in total. The van der Waals surface area contributed by atoms with E-state index >= 15 is 0 Å². The lowest BCUT2D eigenvalue weighted by Gasteiger charge is -2.23. The second-order valence-electron chi connectivity index (χ2n) is 6.28. The molecule has 0 aromatic heterocycles. The smallest absolute Gasteiger partial charge is 0.243 e. The van der Waals surface area contributed by atoms with Crippen LogP contribution in [0.1, 0.15) is 25.8 Å². The summed E-state index contributed by atoms with van der Waals surface area (Å²) in [6.45, 7) is 3.60. The number of carbonyl (C=O) groups is 3. The average molecular weight is 349 g/mol. The van der Waals surface area contributed by atoms with E-state index in [0.717, 1.165) is 5.56 Å². The SMILES string of the molecule is CC(C)C[C@H](NC(=O)[C@H](Cc1ccccc1)NN)C(=O)NCC(N)=O.